The molecule has 1 aromatic heterocycles. The van der Waals surface area contributed by atoms with E-state index >= 15 is 0 Å². The number of carbonyl (C=O) groups is 3. The zero-order valence-corrected chi connectivity index (χ0v) is 23.1. The van der Waals surface area contributed by atoms with Gasteiger partial charge in [0, 0.05) is 29.7 Å². The van der Waals surface area contributed by atoms with Crippen LogP contribution in [0.2, 0.25) is 0 Å². The van der Waals surface area contributed by atoms with E-state index in [1.54, 1.807) is 12.3 Å². The minimum atomic E-state index is -3.88. The summed E-state index contributed by atoms with van der Waals surface area (Å²) in [5.74, 6) is -1.50. The fourth-order valence-corrected chi connectivity index (χ4v) is 6.79. The minimum absolute atomic E-state index is 0.00197. The summed E-state index contributed by atoms with van der Waals surface area (Å²) in [4.78, 5) is 37.6. The highest BCUT2D eigenvalue weighted by atomic mass is 32.2. The van der Waals surface area contributed by atoms with E-state index in [0.717, 1.165) is 5.56 Å². The second-order valence-electron chi connectivity index (χ2n) is 8.77. The number of hydrogen-bond donors (Lipinski definition) is 2. The molecule has 0 spiro atoms. The maximum Gasteiger partial charge on any atom is 0.411 e. The third kappa shape index (κ3) is 6.47. The molecule has 2 aromatic carbocycles. The van der Waals surface area contributed by atoms with Crippen LogP contribution in [0.3, 0.4) is 0 Å². The Bertz CT molecular complexity index is 1440. The zero-order valence-electron chi connectivity index (χ0n) is 21.5. The van der Waals surface area contributed by atoms with Crippen molar-refractivity contribution in [2.45, 2.75) is 24.7 Å². The number of carbonyl (C=O) groups excluding carboxylic acids is 3. The van der Waals surface area contributed by atoms with Gasteiger partial charge in [0.2, 0.25) is 15.9 Å². The number of amides is 2. The van der Waals surface area contributed by atoms with Crippen LogP contribution in [0.5, 0.6) is 0 Å². The maximum absolute atomic E-state index is 13.3. The first-order valence-electron chi connectivity index (χ1n) is 12.3. The first kappa shape index (κ1) is 28.3. The number of sulfonamides is 1. The number of hydrogen-bond acceptors (Lipinski definition) is 8. The van der Waals surface area contributed by atoms with E-state index in [1.807, 2.05) is 30.3 Å². The molecular weight excluding hydrogens is 542 g/mol. The van der Waals surface area contributed by atoms with Gasteiger partial charge in [0.25, 0.3) is 0 Å². The van der Waals surface area contributed by atoms with Crippen molar-refractivity contribution in [1.82, 2.24) is 4.31 Å². The third-order valence-electron chi connectivity index (χ3n) is 6.27. The van der Waals surface area contributed by atoms with Gasteiger partial charge in [-0.2, -0.15) is 4.31 Å². The van der Waals surface area contributed by atoms with Crippen molar-refractivity contribution < 1.29 is 32.3 Å². The lowest BCUT2D eigenvalue weighted by molar-refractivity contribution is -0.120. The Labute approximate surface area is 231 Å². The Morgan fingerprint density at radius 2 is 1.77 bits per heavy atom. The molecule has 2 amide bonds. The highest BCUT2D eigenvalue weighted by Crippen LogP contribution is 2.37. The molecule has 0 aliphatic carbocycles. The fourth-order valence-electron chi connectivity index (χ4n) is 4.30. The summed E-state index contributed by atoms with van der Waals surface area (Å²) in [5.41, 5.74) is 2.15. The lowest BCUT2D eigenvalue weighted by Crippen LogP contribution is -2.43. The van der Waals surface area contributed by atoms with Crippen molar-refractivity contribution in [3.8, 4) is 11.1 Å². The number of nitrogens with one attached hydrogen (secondary N) is 2. The van der Waals surface area contributed by atoms with Crippen LogP contribution >= 0.6 is 11.3 Å². The van der Waals surface area contributed by atoms with Gasteiger partial charge in [-0.3, -0.25) is 10.1 Å². The van der Waals surface area contributed by atoms with Gasteiger partial charge >= 0.3 is 12.1 Å². The Morgan fingerprint density at radius 1 is 1.05 bits per heavy atom. The van der Waals surface area contributed by atoms with E-state index in [1.165, 1.54) is 47.0 Å². The van der Waals surface area contributed by atoms with Crippen LogP contribution in [0.4, 0.5) is 15.5 Å². The topological polar surface area (TPSA) is 131 Å². The molecule has 0 bridgehead atoms. The molecule has 4 rings (SSSR count). The number of piperidine rings is 1. The van der Waals surface area contributed by atoms with E-state index in [-0.39, 0.29) is 36.1 Å². The van der Waals surface area contributed by atoms with Crippen LogP contribution in [-0.2, 0) is 24.3 Å². The molecule has 3 aromatic rings. The second-order valence-corrected chi connectivity index (χ2v) is 11.6. The summed E-state index contributed by atoms with van der Waals surface area (Å²) in [5, 5.41) is 7.50. The maximum atomic E-state index is 13.3. The van der Waals surface area contributed by atoms with Crippen molar-refractivity contribution in [2.75, 3.05) is 37.4 Å². The fraction of sp³-hybridized carbons (Fsp3) is 0.296. The van der Waals surface area contributed by atoms with Crippen LogP contribution in [-0.4, -0.2) is 57.5 Å². The molecule has 1 aliphatic heterocycles. The lowest BCUT2D eigenvalue weighted by Gasteiger charge is -2.31. The van der Waals surface area contributed by atoms with Crippen LogP contribution < -0.4 is 10.6 Å². The highest BCUT2D eigenvalue weighted by molar-refractivity contribution is 7.89. The molecule has 1 fully saturated rings. The van der Waals surface area contributed by atoms with E-state index < -0.39 is 28.0 Å². The number of nitrogens with zero attached hydrogens (tertiary/aromatic N) is 1. The molecule has 0 saturated carbocycles. The van der Waals surface area contributed by atoms with Crippen molar-refractivity contribution in [1.29, 1.82) is 0 Å². The first-order chi connectivity index (χ1) is 18.7. The van der Waals surface area contributed by atoms with E-state index in [2.05, 4.69) is 15.4 Å². The van der Waals surface area contributed by atoms with Gasteiger partial charge in [0.05, 0.1) is 24.5 Å². The third-order valence-corrected chi connectivity index (χ3v) is 9.05. The number of benzene rings is 2. The van der Waals surface area contributed by atoms with Crippen molar-refractivity contribution in [3.63, 3.8) is 0 Å². The number of anilines is 2. The predicted octanol–water partition coefficient (Wildman–Crippen LogP) is 4.81. The van der Waals surface area contributed by atoms with E-state index in [0.29, 0.717) is 29.1 Å². The van der Waals surface area contributed by atoms with Crippen LogP contribution in [0.1, 0.15) is 30.1 Å². The summed E-state index contributed by atoms with van der Waals surface area (Å²) in [6, 6.07) is 15.1. The van der Waals surface area contributed by atoms with Gasteiger partial charge in [-0.05, 0) is 49.6 Å². The summed E-state index contributed by atoms with van der Waals surface area (Å²) in [6.45, 7) is 2.18. The smallest absolute Gasteiger partial charge is 0.411 e. The molecule has 10 nitrogen and oxygen atoms in total. The number of esters is 1. The average Bonchev–Trinajstić information content (AvgIpc) is 3.37. The number of rotatable bonds is 8. The predicted molar refractivity (Wildman–Crippen MR) is 148 cm³/mol. The average molecular weight is 572 g/mol. The summed E-state index contributed by atoms with van der Waals surface area (Å²) < 4.78 is 37.7. The van der Waals surface area contributed by atoms with Gasteiger partial charge in [-0.1, -0.05) is 30.3 Å². The van der Waals surface area contributed by atoms with Gasteiger partial charge in [0.15, 0.2) is 0 Å². The SMILES string of the molecule is CCOC(=O)c1c(-c2ccccc2)csc1NC(=O)[C@H]1CCCN(S(=O)(=O)c2ccc(NC(=O)OC)cc2)C1. The quantitative estimate of drug-likeness (QED) is 0.371. The Kier molecular flexibility index (Phi) is 9.00. The highest BCUT2D eigenvalue weighted by Gasteiger charge is 2.34. The molecule has 1 saturated heterocycles. The second kappa shape index (κ2) is 12.4. The van der Waals surface area contributed by atoms with Gasteiger partial charge < -0.3 is 14.8 Å². The number of thiophene rings is 1. The molecular formula is C27H29N3O7S2. The molecule has 0 unspecified atom stereocenters. The van der Waals surface area contributed by atoms with Crippen LogP contribution in [0.15, 0.2) is 64.9 Å². The van der Waals surface area contributed by atoms with Gasteiger partial charge in [-0.25, -0.2) is 18.0 Å². The Morgan fingerprint density at radius 3 is 2.44 bits per heavy atom. The summed E-state index contributed by atoms with van der Waals surface area (Å²) in [7, 11) is -2.64. The molecule has 0 radical (unpaired) electrons. The van der Waals surface area contributed by atoms with Crippen LogP contribution in [0.25, 0.3) is 11.1 Å². The molecule has 12 heteroatoms. The number of methoxy groups -OCH3 is 1. The standard InChI is InChI=1S/C27H29N3O7S2/c1-3-37-26(32)23-22(18-8-5-4-6-9-18)17-38-25(23)29-24(31)19-10-7-15-30(16-19)39(34,35)21-13-11-20(12-14-21)28-27(33)36-2/h4-6,8-9,11-14,17,19H,3,7,10,15-16H2,1-2H3,(H,28,33)(H,29,31)/t19-/m0/s1. The first-order valence-corrected chi connectivity index (χ1v) is 14.7. The van der Waals surface area contributed by atoms with Gasteiger partial charge in [0.1, 0.15) is 10.6 Å². The minimum Gasteiger partial charge on any atom is -0.462 e. The normalized spacial score (nSPS) is 15.8. The monoisotopic (exact) mass is 571 g/mol. The van der Waals surface area contributed by atoms with Crippen molar-refractivity contribution in [2.24, 2.45) is 5.92 Å². The zero-order chi connectivity index (χ0) is 28.0. The molecule has 1 atom stereocenters. The molecule has 2 N–H and O–H groups in total. The Hall–Kier alpha value is -3.74. The summed E-state index contributed by atoms with van der Waals surface area (Å²) in [6.07, 6.45) is 0.345. The summed E-state index contributed by atoms with van der Waals surface area (Å²) >= 11 is 1.22. The molecule has 206 valence electrons. The molecule has 2 heterocycles. The van der Waals surface area contributed by atoms with E-state index in [4.69, 9.17) is 4.74 Å². The van der Waals surface area contributed by atoms with Crippen molar-refractivity contribution in [3.05, 3.63) is 65.5 Å². The molecule has 39 heavy (non-hydrogen) atoms. The largest absolute Gasteiger partial charge is 0.462 e. The van der Waals surface area contributed by atoms with E-state index in [9.17, 15) is 22.8 Å². The molecule has 1 aliphatic rings. The van der Waals surface area contributed by atoms with Gasteiger partial charge in [-0.15, -0.1) is 11.3 Å². The van der Waals surface area contributed by atoms with Crippen LogP contribution in [0, 0.1) is 5.92 Å². The lowest BCUT2D eigenvalue weighted by atomic mass is 9.98. The number of ether oxygens (including phenoxy) is 2. The van der Waals surface area contributed by atoms with Crippen molar-refractivity contribution >= 4 is 50.0 Å². The Balaban J connectivity index is 1.50.